The molecule has 0 saturated carbocycles. The van der Waals surface area contributed by atoms with Gasteiger partial charge in [-0.1, -0.05) is 13.0 Å². The van der Waals surface area contributed by atoms with Gasteiger partial charge in [-0.05, 0) is 24.6 Å². The van der Waals surface area contributed by atoms with Crippen molar-refractivity contribution >= 4 is 17.8 Å². The number of carboxylic acid groups (broad SMARTS) is 1. The SMILES string of the molecule is CCCN(CC(=O)O)C(=O)c1cccc(C(=O)N(C)C)c1. The van der Waals surface area contributed by atoms with E-state index in [2.05, 4.69) is 0 Å². The number of aliphatic carboxylic acids is 1. The fourth-order valence-electron chi connectivity index (χ4n) is 1.91. The molecule has 1 rings (SSSR count). The summed E-state index contributed by atoms with van der Waals surface area (Å²) in [6.07, 6.45) is 0.662. The second-order valence-corrected chi connectivity index (χ2v) is 4.90. The van der Waals surface area contributed by atoms with Crippen molar-refractivity contribution in [1.82, 2.24) is 9.80 Å². The van der Waals surface area contributed by atoms with Crippen LogP contribution in [0.5, 0.6) is 0 Å². The molecular weight excluding hydrogens is 272 g/mol. The van der Waals surface area contributed by atoms with Crippen LogP contribution in [-0.2, 0) is 4.79 Å². The van der Waals surface area contributed by atoms with Crippen molar-refractivity contribution in [3.05, 3.63) is 35.4 Å². The highest BCUT2D eigenvalue weighted by atomic mass is 16.4. The maximum Gasteiger partial charge on any atom is 0.323 e. The van der Waals surface area contributed by atoms with Crippen LogP contribution in [0.1, 0.15) is 34.1 Å². The number of carboxylic acids is 1. The number of rotatable bonds is 6. The zero-order valence-electron chi connectivity index (χ0n) is 12.5. The van der Waals surface area contributed by atoms with E-state index < -0.39 is 5.97 Å². The molecule has 0 bridgehead atoms. The summed E-state index contributed by atoms with van der Waals surface area (Å²) in [5, 5.41) is 8.87. The number of nitrogens with zero attached hydrogens (tertiary/aromatic N) is 2. The Morgan fingerprint density at radius 2 is 1.67 bits per heavy atom. The minimum atomic E-state index is -1.06. The maximum absolute atomic E-state index is 12.4. The smallest absolute Gasteiger partial charge is 0.323 e. The quantitative estimate of drug-likeness (QED) is 0.858. The van der Waals surface area contributed by atoms with Crippen molar-refractivity contribution in [3.8, 4) is 0 Å². The molecule has 0 saturated heterocycles. The largest absolute Gasteiger partial charge is 0.480 e. The van der Waals surface area contributed by atoms with Crippen molar-refractivity contribution in [2.75, 3.05) is 27.2 Å². The van der Waals surface area contributed by atoms with Crippen LogP contribution in [0.25, 0.3) is 0 Å². The number of carbonyl (C=O) groups is 3. The molecule has 1 N–H and O–H groups in total. The van der Waals surface area contributed by atoms with E-state index in [0.29, 0.717) is 24.1 Å². The lowest BCUT2D eigenvalue weighted by atomic mass is 10.1. The zero-order valence-corrected chi connectivity index (χ0v) is 12.5. The predicted molar refractivity (Wildman–Crippen MR) is 78.3 cm³/mol. The monoisotopic (exact) mass is 292 g/mol. The Hall–Kier alpha value is -2.37. The van der Waals surface area contributed by atoms with Crippen LogP contribution < -0.4 is 0 Å². The van der Waals surface area contributed by atoms with Crippen LogP contribution in [0, 0.1) is 0 Å². The average molecular weight is 292 g/mol. The maximum atomic E-state index is 12.4. The molecule has 0 radical (unpaired) electrons. The fourth-order valence-corrected chi connectivity index (χ4v) is 1.91. The minimum absolute atomic E-state index is 0.204. The molecule has 2 amide bonds. The van der Waals surface area contributed by atoms with E-state index in [1.54, 1.807) is 32.3 Å². The Labute approximate surface area is 124 Å². The second kappa shape index (κ2) is 7.42. The summed E-state index contributed by atoms with van der Waals surface area (Å²) in [5.74, 6) is -1.64. The molecule has 6 nitrogen and oxygen atoms in total. The van der Waals surface area contributed by atoms with Crippen LogP contribution in [-0.4, -0.2) is 59.9 Å². The molecule has 0 heterocycles. The normalized spacial score (nSPS) is 10.0. The molecule has 21 heavy (non-hydrogen) atoms. The predicted octanol–water partition coefficient (Wildman–Crippen LogP) is 1.33. The van der Waals surface area contributed by atoms with Crippen LogP contribution in [0.4, 0.5) is 0 Å². The number of hydrogen-bond donors (Lipinski definition) is 1. The summed E-state index contributed by atoms with van der Waals surface area (Å²) in [6, 6.07) is 6.32. The molecule has 0 aromatic heterocycles. The van der Waals surface area contributed by atoms with Crippen LogP contribution >= 0.6 is 0 Å². The topological polar surface area (TPSA) is 77.9 Å². The lowest BCUT2D eigenvalue weighted by Gasteiger charge is -2.20. The van der Waals surface area contributed by atoms with Gasteiger partial charge >= 0.3 is 5.97 Å². The molecule has 0 atom stereocenters. The first kappa shape index (κ1) is 16.7. The van der Waals surface area contributed by atoms with E-state index in [4.69, 9.17) is 5.11 Å². The van der Waals surface area contributed by atoms with Gasteiger partial charge in [0.2, 0.25) is 0 Å². The van der Waals surface area contributed by atoms with Crippen molar-refractivity contribution in [3.63, 3.8) is 0 Å². The van der Waals surface area contributed by atoms with Gasteiger partial charge in [0.05, 0.1) is 0 Å². The van der Waals surface area contributed by atoms with E-state index in [1.165, 1.54) is 15.9 Å². The van der Waals surface area contributed by atoms with Crippen molar-refractivity contribution < 1.29 is 19.5 Å². The molecule has 0 unspecified atom stereocenters. The third-order valence-corrected chi connectivity index (χ3v) is 2.87. The number of hydrogen-bond acceptors (Lipinski definition) is 3. The Kier molecular flexibility index (Phi) is 5.90. The first-order valence-corrected chi connectivity index (χ1v) is 6.69. The minimum Gasteiger partial charge on any atom is -0.480 e. The highest BCUT2D eigenvalue weighted by Gasteiger charge is 2.19. The van der Waals surface area contributed by atoms with Gasteiger partial charge in [-0.25, -0.2) is 0 Å². The Morgan fingerprint density at radius 3 is 2.14 bits per heavy atom. The number of amides is 2. The molecule has 0 aliphatic heterocycles. The lowest BCUT2D eigenvalue weighted by molar-refractivity contribution is -0.137. The van der Waals surface area contributed by atoms with Gasteiger partial charge in [0.25, 0.3) is 11.8 Å². The van der Waals surface area contributed by atoms with Gasteiger partial charge in [-0.15, -0.1) is 0 Å². The molecule has 1 aromatic carbocycles. The van der Waals surface area contributed by atoms with Crippen molar-refractivity contribution in [2.45, 2.75) is 13.3 Å². The number of benzene rings is 1. The molecular formula is C15H20N2O4. The standard InChI is InChI=1S/C15H20N2O4/c1-4-8-17(10-13(18)19)15(21)12-7-5-6-11(9-12)14(20)16(2)3/h5-7,9H,4,8,10H2,1-3H3,(H,18,19). The first-order chi connectivity index (χ1) is 9.86. The van der Waals surface area contributed by atoms with Crippen molar-refractivity contribution in [2.24, 2.45) is 0 Å². The lowest BCUT2D eigenvalue weighted by Crippen LogP contribution is -2.36. The van der Waals surface area contributed by atoms with E-state index in [9.17, 15) is 14.4 Å². The summed E-state index contributed by atoms with van der Waals surface area (Å²) < 4.78 is 0. The van der Waals surface area contributed by atoms with Gasteiger partial charge in [0.1, 0.15) is 6.54 Å². The Bertz CT molecular complexity index is 540. The summed E-state index contributed by atoms with van der Waals surface area (Å²) in [4.78, 5) is 37.8. The molecule has 1 aromatic rings. The fraction of sp³-hybridized carbons (Fsp3) is 0.400. The summed E-state index contributed by atoms with van der Waals surface area (Å²) >= 11 is 0. The van der Waals surface area contributed by atoms with E-state index in [1.807, 2.05) is 6.92 Å². The highest BCUT2D eigenvalue weighted by Crippen LogP contribution is 2.10. The third-order valence-electron chi connectivity index (χ3n) is 2.87. The van der Waals surface area contributed by atoms with Crippen LogP contribution in [0.15, 0.2) is 24.3 Å². The summed E-state index contributed by atoms with van der Waals surface area (Å²) in [6.45, 7) is 1.88. The van der Waals surface area contributed by atoms with Crippen LogP contribution in [0.3, 0.4) is 0 Å². The Balaban J connectivity index is 3.02. The van der Waals surface area contributed by atoms with Crippen molar-refractivity contribution in [1.29, 1.82) is 0 Å². The molecule has 114 valence electrons. The van der Waals surface area contributed by atoms with Gasteiger partial charge in [0.15, 0.2) is 0 Å². The van der Waals surface area contributed by atoms with Gasteiger partial charge < -0.3 is 14.9 Å². The van der Waals surface area contributed by atoms with Crippen LogP contribution in [0.2, 0.25) is 0 Å². The van der Waals surface area contributed by atoms with E-state index >= 15 is 0 Å². The summed E-state index contributed by atoms with van der Waals surface area (Å²) in [7, 11) is 3.26. The van der Waals surface area contributed by atoms with E-state index in [0.717, 1.165) is 0 Å². The second-order valence-electron chi connectivity index (χ2n) is 4.90. The first-order valence-electron chi connectivity index (χ1n) is 6.69. The molecule has 6 heteroatoms. The molecule has 0 spiro atoms. The van der Waals surface area contributed by atoms with Gasteiger partial charge in [0, 0.05) is 31.8 Å². The highest BCUT2D eigenvalue weighted by molar-refractivity contribution is 6.00. The Morgan fingerprint density at radius 1 is 1.10 bits per heavy atom. The third kappa shape index (κ3) is 4.59. The van der Waals surface area contributed by atoms with E-state index in [-0.39, 0.29) is 18.4 Å². The summed E-state index contributed by atoms with van der Waals surface area (Å²) in [5.41, 5.74) is 0.718. The molecule has 0 fully saturated rings. The van der Waals surface area contributed by atoms with Gasteiger partial charge in [-0.3, -0.25) is 14.4 Å². The number of carbonyl (C=O) groups excluding carboxylic acids is 2. The average Bonchev–Trinajstić information content (AvgIpc) is 2.44. The zero-order chi connectivity index (χ0) is 16.0. The molecule has 0 aliphatic rings. The van der Waals surface area contributed by atoms with Gasteiger partial charge in [-0.2, -0.15) is 0 Å². The molecule has 0 aliphatic carbocycles.